The predicted octanol–water partition coefficient (Wildman–Crippen LogP) is 4.65. The highest BCUT2D eigenvalue weighted by molar-refractivity contribution is 7.18. The molecule has 1 saturated heterocycles. The summed E-state index contributed by atoms with van der Waals surface area (Å²) in [6.07, 6.45) is 2.20. The van der Waals surface area contributed by atoms with Gasteiger partial charge in [0.15, 0.2) is 6.61 Å². The van der Waals surface area contributed by atoms with Crippen LogP contribution in [0.2, 0.25) is 0 Å². The summed E-state index contributed by atoms with van der Waals surface area (Å²) in [6.45, 7) is 2.94. The van der Waals surface area contributed by atoms with Gasteiger partial charge in [0.05, 0.1) is 28.9 Å². The molecule has 0 aliphatic carbocycles. The smallest absolute Gasteiger partial charge is 0.240 e. The minimum atomic E-state index is 0.273. The van der Waals surface area contributed by atoms with Crippen molar-refractivity contribution in [3.8, 4) is 11.5 Å². The quantitative estimate of drug-likeness (QED) is 0.418. The Balaban J connectivity index is 1.11. The zero-order valence-corrected chi connectivity index (χ0v) is 18.2. The van der Waals surface area contributed by atoms with Crippen LogP contribution in [0.4, 0.5) is 0 Å². The number of likely N-dealkylation sites (tertiary alicyclic amines) is 1. The number of aromatic nitrogens is 3. The van der Waals surface area contributed by atoms with Gasteiger partial charge >= 0.3 is 0 Å². The van der Waals surface area contributed by atoms with Crippen molar-refractivity contribution in [2.45, 2.75) is 31.9 Å². The fourth-order valence-electron chi connectivity index (χ4n) is 3.83. The van der Waals surface area contributed by atoms with Crippen molar-refractivity contribution in [1.29, 1.82) is 0 Å². The van der Waals surface area contributed by atoms with E-state index >= 15 is 0 Å². The van der Waals surface area contributed by atoms with Crippen LogP contribution >= 0.6 is 11.3 Å². The lowest BCUT2D eigenvalue weighted by Crippen LogP contribution is -2.32. The van der Waals surface area contributed by atoms with Crippen LogP contribution in [-0.4, -0.2) is 40.2 Å². The molecule has 160 valence electrons. The highest BCUT2D eigenvalue weighted by Crippen LogP contribution is 2.34. The summed E-state index contributed by atoms with van der Waals surface area (Å²) in [4.78, 5) is 11.7. The first-order valence-electron chi connectivity index (χ1n) is 10.4. The number of benzene rings is 2. The van der Waals surface area contributed by atoms with Crippen molar-refractivity contribution in [1.82, 2.24) is 20.0 Å². The maximum atomic E-state index is 5.72. The Morgan fingerprint density at radius 1 is 1.03 bits per heavy atom. The van der Waals surface area contributed by atoms with Gasteiger partial charge in [-0.15, -0.1) is 11.3 Å². The molecule has 1 fully saturated rings. The average molecular weight is 437 g/mol. The lowest BCUT2D eigenvalue weighted by molar-refractivity contribution is 0.180. The van der Waals surface area contributed by atoms with E-state index in [4.69, 9.17) is 19.0 Å². The van der Waals surface area contributed by atoms with Crippen molar-refractivity contribution in [2.24, 2.45) is 0 Å². The van der Waals surface area contributed by atoms with E-state index in [0.29, 0.717) is 24.2 Å². The van der Waals surface area contributed by atoms with Gasteiger partial charge in [-0.1, -0.05) is 17.3 Å². The van der Waals surface area contributed by atoms with Crippen molar-refractivity contribution in [3.05, 3.63) is 65.3 Å². The van der Waals surface area contributed by atoms with Gasteiger partial charge in [-0.05, 0) is 62.3 Å². The molecule has 2 aromatic heterocycles. The summed E-state index contributed by atoms with van der Waals surface area (Å²) in [6, 6.07) is 15.8. The van der Waals surface area contributed by atoms with Crippen molar-refractivity contribution in [2.75, 3.05) is 20.2 Å². The summed E-state index contributed by atoms with van der Waals surface area (Å²) < 4.78 is 17.6. The van der Waals surface area contributed by atoms with E-state index in [1.54, 1.807) is 7.11 Å². The van der Waals surface area contributed by atoms with Crippen LogP contribution in [0.5, 0.6) is 11.5 Å². The number of hydrogen-bond donors (Lipinski definition) is 0. The summed E-state index contributed by atoms with van der Waals surface area (Å²) in [7, 11) is 1.64. The Labute approximate surface area is 184 Å². The Morgan fingerprint density at radius 3 is 2.58 bits per heavy atom. The summed E-state index contributed by atoms with van der Waals surface area (Å²) in [5.41, 5.74) is 1.11. The standard InChI is InChI=1S/C23H24N4O3S/c1-28-17-6-8-18(9-7-17)29-15-21-25-22(30-26-21)14-27-12-10-16(11-13-27)23-24-19-4-2-3-5-20(19)31-23/h2-9,16H,10-15H2,1H3. The van der Waals surface area contributed by atoms with Gasteiger partial charge in [-0.2, -0.15) is 4.98 Å². The highest BCUT2D eigenvalue weighted by Gasteiger charge is 2.24. The largest absolute Gasteiger partial charge is 0.497 e. The van der Waals surface area contributed by atoms with Gasteiger partial charge in [0.2, 0.25) is 11.7 Å². The third-order valence-corrected chi connectivity index (χ3v) is 6.74. The van der Waals surface area contributed by atoms with Gasteiger partial charge < -0.3 is 14.0 Å². The van der Waals surface area contributed by atoms with E-state index in [9.17, 15) is 0 Å². The van der Waals surface area contributed by atoms with Gasteiger partial charge in [0.1, 0.15) is 11.5 Å². The zero-order chi connectivity index (χ0) is 21.0. The van der Waals surface area contributed by atoms with Gasteiger partial charge in [0, 0.05) is 5.92 Å². The van der Waals surface area contributed by atoms with E-state index in [-0.39, 0.29) is 6.61 Å². The number of hydrogen-bond acceptors (Lipinski definition) is 8. The van der Waals surface area contributed by atoms with Gasteiger partial charge in [-0.3, -0.25) is 4.90 Å². The molecule has 4 aromatic rings. The Morgan fingerprint density at radius 2 is 1.81 bits per heavy atom. The molecule has 1 aliphatic heterocycles. The number of thiazole rings is 1. The molecular formula is C23H24N4O3S. The van der Waals surface area contributed by atoms with E-state index in [2.05, 4.69) is 39.3 Å². The zero-order valence-electron chi connectivity index (χ0n) is 17.4. The van der Waals surface area contributed by atoms with Gasteiger partial charge in [0.25, 0.3) is 0 Å². The van der Waals surface area contributed by atoms with Crippen LogP contribution < -0.4 is 9.47 Å². The van der Waals surface area contributed by atoms with E-state index in [1.807, 2.05) is 35.6 Å². The Hall–Kier alpha value is -2.97. The molecule has 0 spiro atoms. The second-order valence-corrected chi connectivity index (χ2v) is 8.70. The molecule has 1 aliphatic rings. The van der Waals surface area contributed by atoms with E-state index in [1.165, 1.54) is 9.71 Å². The summed E-state index contributed by atoms with van der Waals surface area (Å²) in [5.74, 6) is 3.25. The minimum absolute atomic E-state index is 0.273. The van der Waals surface area contributed by atoms with E-state index in [0.717, 1.165) is 42.9 Å². The number of ether oxygens (including phenoxy) is 2. The second-order valence-electron chi connectivity index (χ2n) is 7.64. The molecule has 8 heteroatoms. The Bertz CT molecular complexity index is 1100. The van der Waals surface area contributed by atoms with Crippen molar-refractivity contribution < 1.29 is 14.0 Å². The van der Waals surface area contributed by atoms with E-state index < -0.39 is 0 Å². The molecule has 5 rings (SSSR count). The topological polar surface area (TPSA) is 73.5 Å². The number of methoxy groups -OCH3 is 1. The summed E-state index contributed by atoms with van der Waals surface area (Å²) >= 11 is 1.83. The molecule has 3 heterocycles. The number of nitrogens with zero attached hydrogens (tertiary/aromatic N) is 4. The van der Waals surface area contributed by atoms with Crippen LogP contribution in [0.15, 0.2) is 53.1 Å². The van der Waals surface area contributed by atoms with Crippen molar-refractivity contribution in [3.63, 3.8) is 0 Å². The molecule has 0 saturated carbocycles. The maximum Gasteiger partial charge on any atom is 0.240 e. The first-order valence-corrected chi connectivity index (χ1v) is 11.2. The second kappa shape index (κ2) is 9.03. The number of rotatable bonds is 7. The molecule has 0 unspecified atom stereocenters. The molecule has 2 aromatic carbocycles. The fourth-order valence-corrected chi connectivity index (χ4v) is 4.96. The maximum absolute atomic E-state index is 5.72. The molecule has 0 bridgehead atoms. The lowest BCUT2D eigenvalue weighted by Gasteiger charge is -2.29. The molecule has 0 amide bonds. The van der Waals surface area contributed by atoms with Crippen LogP contribution in [0.25, 0.3) is 10.2 Å². The molecule has 0 N–H and O–H groups in total. The Kier molecular flexibility index (Phi) is 5.82. The molecule has 0 radical (unpaired) electrons. The average Bonchev–Trinajstić information content (AvgIpc) is 3.45. The SMILES string of the molecule is COc1ccc(OCc2noc(CN3CCC(c4nc5ccccc5s4)CC3)n2)cc1. The predicted molar refractivity (Wildman–Crippen MR) is 118 cm³/mol. The minimum Gasteiger partial charge on any atom is -0.497 e. The monoisotopic (exact) mass is 436 g/mol. The van der Waals surface area contributed by atoms with Crippen molar-refractivity contribution >= 4 is 21.6 Å². The number of para-hydroxylation sites is 1. The third-order valence-electron chi connectivity index (χ3n) is 5.54. The molecular weight excluding hydrogens is 412 g/mol. The van der Waals surface area contributed by atoms with Crippen LogP contribution in [0, 0.1) is 0 Å². The first kappa shape index (κ1) is 20.0. The van der Waals surface area contributed by atoms with Crippen LogP contribution in [0.3, 0.4) is 0 Å². The fraction of sp³-hybridized carbons (Fsp3) is 0.348. The molecule has 7 nitrogen and oxygen atoms in total. The van der Waals surface area contributed by atoms with Crippen LogP contribution in [0.1, 0.15) is 35.5 Å². The highest BCUT2D eigenvalue weighted by atomic mass is 32.1. The van der Waals surface area contributed by atoms with Gasteiger partial charge in [-0.25, -0.2) is 4.98 Å². The number of piperidine rings is 1. The normalized spacial score (nSPS) is 15.4. The molecule has 0 atom stereocenters. The van der Waals surface area contributed by atoms with Crippen LogP contribution in [-0.2, 0) is 13.2 Å². The lowest BCUT2D eigenvalue weighted by atomic mass is 9.97. The third kappa shape index (κ3) is 4.70. The number of fused-ring (bicyclic) bond motifs is 1. The molecule has 31 heavy (non-hydrogen) atoms. The first-order chi connectivity index (χ1) is 15.3. The summed E-state index contributed by atoms with van der Waals surface area (Å²) in [5, 5.41) is 5.31.